The maximum absolute atomic E-state index is 10.9. The van der Waals surface area contributed by atoms with E-state index in [1.807, 2.05) is 5.43 Å². The molecule has 0 bridgehead atoms. The Labute approximate surface area is 63.0 Å². The van der Waals surface area contributed by atoms with Crippen molar-refractivity contribution in [2.24, 2.45) is 0 Å². The molecular weight excluding hydrogens is 146 g/mol. The van der Waals surface area contributed by atoms with E-state index in [9.17, 15) is 10.0 Å². The molecule has 1 rings (SSSR count). The van der Waals surface area contributed by atoms with Crippen molar-refractivity contribution in [1.29, 1.82) is 0 Å². The molecule has 0 aliphatic carbocycles. The maximum Gasteiger partial charge on any atom is 0.296 e. The van der Waals surface area contributed by atoms with Gasteiger partial charge in [0.05, 0.1) is 0 Å². The lowest BCUT2D eigenvalue weighted by molar-refractivity contribution is -0.634. The van der Waals surface area contributed by atoms with Crippen LogP contribution in [-0.4, -0.2) is 10.9 Å². The number of amides is 1. The predicted molar refractivity (Wildman–Crippen MR) is 37.0 cm³/mol. The van der Waals surface area contributed by atoms with Crippen molar-refractivity contribution in [2.45, 2.75) is 0 Å². The van der Waals surface area contributed by atoms with Gasteiger partial charge in [0.2, 0.25) is 0 Å². The number of hydrogen-bond donors (Lipinski definition) is 2. The van der Waals surface area contributed by atoms with Crippen molar-refractivity contribution < 1.29 is 10.4 Å². The second kappa shape index (κ2) is 3.65. The van der Waals surface area contributed by atoms with E-state index in [1.165, 1.54) is 24.5 Å². The number of hydrogen-bond acceptors (Lipinski definition) is 3. The molecule has 0 saturated carbocycles. The Hall–Kier alpha value is -1.46. The SMILES string of the molecule is O=C(N[NH2+][O-])c1ccncc1. The molecule has 0 saturated heterocycles. The number of aromatic nitrogens is 1. The van der Waals surface area contributed by atoms with Crippen LogP contribution in [0.2, 0.25) is 0 Å². The number of rotatable bonds is 2. The van der Waals surface area contributed by atoms with Crippen LogP contribution in [0.3, 0.4) is 0 Å². The predicted octanol–water partition coefficient (Wildman–Crippen LogP) is -1.21. The van der Waals surface area contributed by atoms with Crippen molar-refractivity contribution in [3.63, 3.8) is 0 Å². The highest BCUT2D eigenvalue weighted by molar-refractivity contribution is 5.92. The first-order chi connectivity index (χ1) is 5.34. The minimum Gasteiger partial charge on any atom is -0.609 e. The molecule has 1 aromatic heterocycles. The van der Waals surface area contributed by atoms with Crippen LogP contribution in [0, 0.1) is 5.21 Å². The fraction of sp³-hybridized carbons (Fsp3) is 0. The van der Waals surface area contributed by atoms with E-state index in [2.05, 4.69) is 4.98 Å². The summed E-state index contributed by atoms with van der Waals surface area (Å²) < 4.78 is 0. The van der Waals surface area contributed by atoms with E-state index >= 15 is 0 Å². The van der Waals surface area contributed by atoms with E-state index in [4.69, 9.17) is 0 Å². The lowest BCUT2D eigenvalue weighted by atomic mass is 10.3. The first-order valence-corrected chi connectivity index (χ1v) is 2.99. The zero-order chi connectivity index (χ0) is 8.10. The summed E-state index contributed by atoms with van der Waals surface area (Å²) in [5, 5.41) is 9.84. The Bertz CT molecular complexity index is 237. The number of nitrogens with two attached hydrogens (primary N) is 1. The van der Waals surface area contributed by atoms with E-state index in [0.29, 0.717) is 11.2 Å². The van der Waals surface area contributed by atoms with E-state index in [1.54, 1.807) is 0 Å². The molecule has 0 aliphatic rings. The number of pyridine rings is 1. The van der Waals surface area contributed by atoms with Crippen molar-refractivity contribution >= 4 is 5.91 Å². The summed E-state index contributed by atoms with van der Waals surface area (Å²) in [5.41, 5.74) is 2.79. The quantitative estimate of drug-likeness (QED) is 0.317. The smallest absolute Gasteiger partial charge is 0.296 e. The second-order valence-corrected chi connectivity index (χ2v) is 1.83. The topological polar surface area (TPSA) is 81.7 Å². The summed E-state index contributed by atoms with van der Waals surface area (Å²) in [6.45, 7) is 0. The minimum atomic E-state index is -0.414. The van der Waals surface area contributed by atoms with Crippen molar-refractivity contribution in [3.05, 3.63) is 35.3 Å². The average molecular weight is 153 g/mol. The van der Waals surface area contributed by atoms with Crippen LogP contribution < -0.4 is 11.0 Å². The number of quaternary nitrogens is 1. The standard InChI is InChI=1S/C6H7N3O2/c10-6(8-9-11)5-1-3-7-4-2-5/h1-4H,9H2,(H,8,10). The number of nitrogens with zero attached hydrogens (tertiary/aromatic N) is 1. The maximum atomic E-state index is 10.9. The molecule has 0 fully saturated rings. The lowest BCUT2D eigenvalue weighted by Gasteiger charge is -2.02. The molecule has 0 atom stereocenters. The fourth-order valence-electron chi connectivity index (χ4n) is 0.640. The van der Waals surface area contributed by atoms with Crippen LogP contribution in [0.15, 0.2) is 24.5 Å². The van der Waals surface area contributed by atoms with Gasteiger partial charge in [-0.1, -0.05) is 0 Å². The fourth-order valence-corrected chi connectivity index (χ4v) is 0.640. The highest BCUT2D eigenvalue weighted by Gasteiger charge is 2.01. The van der Waals surface area contributed by atoms with Crippen molar-refractivity contribution in [1.82, 2.24) is 10.4 Å². The first kappa shape index (κ1) is 7.64. The van der Waals surface area contributed by atoms with E-state index < -0.39 is 5.91 Å². The third kappa shape index (κ3) is 1.99. The number of nitrogens with one attached hydrogen (secondary N) is 1. The molecular formula is C6H7N3O2. The van der Waals surface area contributed by atoms with Crippen LogP contribution in [-0.2, 0) is 0 Å². The summed E-state index contributed by atoms with van der Waals surface area (Å²) in [7, 11) is 0. The Kier molecular flexibility index (Phi) is 2.53. The highest BCUT2D eigenvalue weighted by atomic mass is 16.5. The molecule has 0 aliphatic heterocycles. The summed E-state index contributed by atoms with van der Waals surface area (Å²) in [5.74, 6) is -0.414. The van der Waals surface area contributed by atoms with Gasteiger partial charge in [0.1, 0.15) is 0 Å². The summed E-state index contributed by atoms with van der Waals surface area (Å²) in [6.07, 6.45) is 2.97. The largest absolute Gasteiger partial charge is 0.609 e. The monoisotopic (exact) mass is 153 g/mol. The number of carbonyl (C=O) groups excluding carboxylic acids is 1. The van der Waals surface area contributed by atoms with E-state index in [0.717, 1.165) is 0 Å². The summed E-state index contributed by atoms with van der Waals surface area (Å²) in [4.78, 5) is 14.6. The molecule has 5 heteroatoms. The van der Waals surface area contributed by atoms with Gasteiger partial charge in [-0.05, 0) is 12.1 Å². The third-order valence-electron chi connectivity index (χ3n) is 1.13. The zero-order valence-electron chi connectivity index (χ0n) is 5.65. The van der Waals surface area contributed by atoms with Gasteiger partial charge >= 0.3 is 0 Å². The molecule has 58 valence electrons. The Balaban J connectivity index is 2.69. The highest BCUT2D eigenvalue weighted by Crippen LogP contribution is 1.93. The van der Waals surface area contributed by atoms with Crippen LogP contribution in [0.1, 0.15) is 10.4 Å². The summed E-state index contributed by atoms with van der Waals surface area (Å²) in [6, 6.07) is 3.05. The molecule has 1 aromatic rings. The van der Waals surface area contributed by atoms with Crippen LogP contribution >= 0.6 is 0 Å². The Morgan fingerprint density at radius 3 is 2.73 bits per heavy atom. The third-order valence-corrected chi connectivity index (χ3v) is 1.13. The second-order valence-electron chi connectivity index (χ2n) is 1.83. The molecule has 3 N–H and O–H groups in total. The molecule has 1 amide bonds. The van der Waals surface area contributed by atoms with Crippen molar-refractivity contribution in [3.8, 4) is 0 Å². The van der Waals surface area contributed by atoms with Gasteiger partial charge in [0.25, 0.3) is 5.91 Å². The molecule has 0 spiro atoms. The minimum absolute atomic E-state index is 0.350. The molecule has 0 radical (unpaired) electrons. The first-order valence-electron chi connectivity index (χ1n) is 2.99. The number of nitrogen functional groups attached to an aromatic ring is 1. The van der Waals surface area contributed by atoms with Crippen molar-refractivity contribution in [2.75, 3.05) is 0 Å². The van der Waals surface area contributed by atoms with Gasteiger partial charge in [0.15, 0.2) is 0 Å². The average Bonchev–Trinajstić information content (AvgIpc) is 2.07. The lowest BCUT2D eigenvalue weighted by Crippen LogP contribution is -2.88. The van der Waals surface area contributed by atoms with Crippen LogP contribution in [0.5, 0.6) is 0 Å². The van der Waals surface area contributed by atoms with Gasteiger partial charge in [0, 0.05) is 18.0 Å². The van der Waals surface area contributed by atoms with Crippen LogP contribution in [0.25, 0.3) is 0 Å². The van der Waals surface area contributed by atoms with E-state index in [-0.39, 0.29) is 0 Å². The van der Waals surface area contributed by atoms with Gasteiger partial charge in [-0.15, -0.1) is 0 Å². The molecule has 5 nitrogen and oxygen atoms in total. The molecule has 1 heterocycles. The molecule has 11 heavy (non-hydrogen) atoms. The summed E-state index contributed by atoms with van der Waals surface area (Å²) >= 11 is 0. The Morgan fingerprint density at radius 2 is 2.18 bits per heavy atom. The zero-order valence-corrected chi connectivity index (χ0v) is 5.65. The number of carbonyl (C=O) groups is 1. The Morgan fingerprint density at radius 1 is 1.55 bits per heavy atom. The normalized spacial score (nSPS) is 9.18. The van der Waals surface area contributed by atoms with Gasteiger partial charge in [-0.2, -0.15) is 0 Å². The van der Waals surface area contributed by atoms with Gasteiger partial charge in [-0.3, -0.25) is 15.4 Å². The van der Waals surface area contributed by atoms with Gasteiger partial charge < -0.3 is 5.21 Å². The molecule has 0 aromatic carbocycles. The van der Waals surface area contributed by atoms with Crippen LogP contribution in [0.4, 0.5) is 0 Å². The van der Waals surface area contributed by atoms with Gasteiger partial charge in [-0.25, -0.2) is 5.43 Å². The molecule has 0 unspecified atom stereocenters.